The molecule has 6 nitrogen and oxygen atoms in total. The van der Waals surface area contributed by atoms with Gasteiger partial charge in [0.2, 0.25) is 0 Å². The number of fused-ring (bicyclic) bond motifs is 3. The number of rotatable bonds is 2. The molecule has 116 valence electrons. The molecule has 1 aliphatic heterocycles. The SMILES string of the molecule is COC(=O)C(C)NC(=O)N1CCc2c([nH]c3ccccc23)C1. The summed E-state index contributed by atoms with van der Waals surface area (Å²) in [6, 6.07) is 7.25. The number of amides is 2. The number of ether oxygens (including phenoxy) is 1. The Hall–Kier alpha value is -2.50. The first kappa shape index (κ1) is 14.4. The zero-order chi connectivity index (χ0) is 15.7. The van der Waals surface area contributed by atoms with Crippen LogP contribution in [0.5, 0.6) is 0 Å². The summed E-state index contributed by atoms with van der Waals surface area (Å²) in [5.74, 6) is -0.448. The summed E-state index contributed by atoms with van der Waals surface area (Å²) in [6.07, 6.45) is 0.805. The number of hydrogen-bond acceptors (Lipinski definition) is 3. The van der Waals surface area contributed by atoms with E-state index in [9.17, 15) is 9.59 Å². The monoisotopic (exact) mass is 301 g/mol. The minimum atomic E-state index is -0.651. The van der Waals surface area contributed by atoms with E-state index in [0.717, 1.165) is 17.6 Å². The van der Waals surface area contributed by atoms with Gasteiger partial charge in [-0.25, -0.2) is 9.59 Å². The molecule has 0 spiro atoms. The number of hydrogen-bond donors (Lipinski definition) is 2. The second kappa shape index (κ2) is 5.71. The number of carbonyl (C=O) groups excluding carboxylic acids is 2. The molecular weight excluding hydrogens is 282 g/mol. The minimum Gasteiger partial charge on any atom is -0.467 e. The Morgan fingerprint density at radius 2 is 2.14 bits per heavy atom. The Kier molecular flexibility index (Phi) is 3.75. The lowest BCUT2D eigenvalue weighted by Crippen LogP contribution is -2.48. The van der Waals surface area contributed by atoms with Gasteiger partial charge in [-0.2, -0.15) is 0 Å². The van der Waals surface area contributed by atoms with Gasteiger partial charge < -0.3 is 19.9 Å². The number of nitrogens with zero attached hydrogens (tertiary/aromatic N) is 1. The molecule has 2 aromatic rings. The fraction of sp³-hybridized carbons (Fsp3) is 0.375. The van der Waals surface area contributed by atoms with E-state index >= 15 is 0 Å². The van der Waals surface area contributed by atoms with Gasteiger partial charge in [-0.05, 0) is 25.0 Å². The van der Waals surface area contributed by atoms with Crippen LogP contribution in [-0.2, 0) is 22.5 Å². The van der Waals surface area contributed by atoms with Crippen LogP contribution >= 0.6 is 0 Å². The third-order valence-corrected chi connectivity index (χ3v) is 4.06. The molecule has 1 aliphatic rings. The van der Waals surface area contributed by atoms with Gasteiger partial charge in [-0.1, -0.05) is 18.2 Å². The van der Waals surface area contributed by atoms with Crippen LogP contribution < -0.4 is 5.32 Å². The van der Waals surface area contributed by atoms with Crippen molar-refractivity contribution in [1.82, 2.24) is 15.2 Å². The van der Waals surface area contributed by atoms with Crippen LogP contribution in [0, 0.1) is 0 Å². The highest BCUT2D eigenvalue weighted by atomic mass is 16.5. The quantitative estimate of drug-likeness (QED) is 0.831. The minimum absolute atomic E-state index is 0.248. The van der Waals surface area contributed by atoms with Gasteiger partial charge in [-0.3, -0.25) is 0 Å². The maximum Gasteiger partial charge on any atom is 0.328 e. The van der Waals surface area contributed by atoms with Gasteiger partial charge in [-0.15, -0.1) is 0 Å². The van der Waals surface area contributed by atoms with Gasteiger partial charge in [0.25, 0.3) is 0 Å². The summed E-state index contributed by atoms with van der Waals surface area (Å²) in [6.45, 7) is 2.76. The number of aromatic nitrogens is 1. The van der Waals surface area contributed by atoms with Crippen molar-refractivity contribution in [1.29, 1.82) is 0 Å². The van der Waals surface area contributed by atoms with Crippen LogP contribution in [0.1, 0.15) is 18.2 Å². The van der Waals surface area contributed by atoms with E-state index in [4.69, 9.17) is 0 Å². The van der Waals surface area contributed by atoms with Gasteiger partial charge in [0.1, 0.15) is 6.04 Å². The van der Waals surface area contributed by atoms with Crippen LogP contribution in [-0.4, -0.2) is 41.6 Å². The van der Waals surface area contributed by atoms with Crippen molar-refractivity contribution in [2.45, 2.75) is 25.9 Å². The molecule has 6 heteroatoms. The maximum atomic E-state index is 12.2. The molecule has 1 aromatic carbocycles. The first-order valence-electron chi connectivity index (χ1n) is 7.32. The summed E-state index contributed by atoms with van der Waals surface area (Å²) in [4.78, 5) is 28.7. The molecular formula is C16H19N3O3. The van der Waals surface area contributed by atoms with Gasteiger partial charge >= 0.3 is 12.0 Å². The Morgan fingerprint density at radius 1 is 1.36 bits per heavy atom. The van der Waals surface area contributed by atoms with Crippen molar-refractivity contribution in [2.75, 3.05) is 13.7 Å². The second-order valence-corrected chi connectivity index (χ2v) is 5.49. The summed E-state index contributed by atoms with van der Waals surface area (Å²) in [5.41, 5.74) is 3.44. The van der Waals surface area contributed by atoms with Gasteiger partial charge in [0.05, 0.1) is 13.7 Å². The normalized spacial score (nSPS) is 15.3. The van der Waals surface area contributed by atoms with E-state index in [2.05, 4.69) is 21.1 Å². The van der Waals surface area contributed by atoms with E-state index in [0.29, 0.717) is 13.1 Å². The number of nitrogens with one attached hydrogen (secondary N) is 2. The molecule has 2 N–H and O–H groups in total. The number of methoxy groups -OCH3 is 1. The second-order valence-electron chi connectivity index (χ2n) is 5.49. The summed E-state index contributed by atoms with van der Waals surface area (Å²) in [5, 5.41) is 3.89. The highest BCUT2D eigenvalue weighted by molar-refractivity contribution is 5.86. The van der Waals surface area contributed by atoms with Gasteiger partial charge in [0, 0.05) is 23.1 Å². The van der Waals surface area contributed by atoms with Crippen LogP contribution in [0.3, 0.4) is 0 Å². The van der Waals surface area contributed by atoms with E-state index in [1.54, 1.807) is 11.8 Å². The van der Waals surface area contributed by atoms with Crippen molar-refractivity contribution in [3.8, 4) is 0 Å². The third-order valence-electron chi connectivity index (χ3n) is 4.06. The van der Waals surface area contributed by atoms with Gasteiger partial charge in [0.15, 0.2) is 0 Å². The zero-order valence-corrected chi connectivity index (χ0v) is 12.7. The number of carbonyl (C=O) groups is 2. The summed E-state index contributed by atoms with van der Waals surface area (Å²) in [7, 11) is 1.31. The molecule has 0 saturated heterocycles. The molecule has 2 heterocycles. The lowest BCUT2D eigenvalue weighted by atomic mass is 10.0. The average Bonchev–Trinajstić information content (AvgIpc) is 2.91. The molecule has 0 saturated carbocycles. The molecule has 0 bridgehead atoms. The number of esters is 1. The van der Waals surface area contributed by atoms with Crippen LogP contribution in [0.4, 0.5) is 4.79 Å². The molecule has 2 amide bonds. The molecule has 0 radical (unpaired) electrons. The number of urea groups is 1. The molecule has 1 atom stereocenters. The molecule has 22 heavy (non-hydrogen) atoms. The Labute approximate surface area is 128 Å². The fourth-order valence-corrected chi connectivity index (χ4v) is 2.88. The largest absolute Gasteiger partial charge is 0.467 e. The van der Waals surface area contributed by atoms with E-state index in [-0.39, 0.29) is 6.03 Å². The Bertz CT molecular complexity index is 722. The maximum absolute atomic E-state index is 12.2. The average molecular weight is 301 g/mol. The number of benzene rings is 1. The number of aromatic amines is 1. The first-order chi connectivity index (χ1) is 10.6. The predicted octanol–water partition coefficient (Wildman–Crippen LogP) is 1.80. The highest BCUT2D eigenvalue weighted by Crippen LogP contribution is 2.27. The number of H-pyrrole nitrogens is 1. The van der Waals surface area contributed by atoms with E-state index in [1.165, 1.54) is 18.1 Å². The summed E-state index contributed by atoms with van der Waals surface area (Å²) < 4.78 is 4.62. The van der Waals surface area contributed by atoms with Crippen molar-refractivity contribution in [3.05, 3.63) is 35.5 Å². The first-order valence-corrected chi connectivity index (χ1v) is 7.32. The number of para-hydroxylation sites is 1. The third kappa shape index (κ3) is 2.52. The highest BCUT2D eigenvalue weighted by Gasteiger charge is 2.25. The van der Waals surface area contributed by atoms with Crippen molar-refractivity contribution in [3.63, 3.8) is 0 Å². The van der Waals surface area contributed by atoms with Crippen LogP contribution in [0.15, 0.2) is 24.3 Å². The lowest BCUT2D eigenvalue weighted by molar-refractivity contribution is -0.142. The van der Waals surface area contributed by atoms with Crippen molar-refractivity contribution in [2.24, 2.45) is 0 Å². The molecule has 1 aromatic heterocycles. The lowest BCUT2D eigenvalue weighted by Gasteiger charge is -2.28. The van der Waals surface area contributed by atoms with Crippen molar-refractivity contribution >= 4 is 22.9 Å². The van der Waals surface area contributed by atoms with Crippen molar-refractivity contribution < 1.29 is 14.3 Å². The zero-order valence-electron chi connectivity index (χ0n) is 12.7. The van der Waals surface area contributed by atoms with Crippen LogP contribution in [0.25, 0.3) is 10.9 Å². The molecule has 0 fully saturated rings. The van der Waals surface area contributed by atoms with E-state index in [1.807, 2.05) is 18.2 Å². The smallest absolute Gasteiger partial charge is 0.328 e. The standard InChI is InChI=1S/C16H19N3O3/c1-10(15(20)22-2)17-16(21)19-8-7-12-11-5-3-4-6-13(11)18-14(12)9-19/h3-6,10,18H,7-9H2,1-2H3,(H,17,21). The fourth-order valence-electron chi connectivity index (χ4n) is 2.88. The molecule has 0 aliphatic carbocycles. The van der Waals surface area contributed by atoms with E-state index < -0.39 is 12.0 Å². The summed E-state index contributed by atoms with van der Waals surface area (Å²) >= 11 is 0. The molecule has 1 unspecified atom stereocenters. The molecule has 3 rings (SSSR count). The Balaban J connectivity index is 1.74. The predicted molar refractivity (Wildman–Crippen MR) is 82.4 cm³/mol. The Morgan fingerprint density at radius 3 is 2.91 bits per heavy atom. The van der Waals surface area contributed by atoms with Crippen LogP contribution in [0.2, 0.25) is 0 Å². The topological polar surface area (TPSA) is 74.4 Å².